The maximum Gasteiger partial charge on any atom is 0.265 e. The van der Waals surface area contributed by atoms with Crippen molar-refractivity contribution in [1.29, 1.82) is 0 Å². The van der Waals surface area contributed by atoms with Crippen molar-refractivity contribution in [3.8, 4) is 0 Å². The van der Waals surface area contributed by atoms with Gasteiger partial charge in [0, 0.05) is 30.3 Å². The summed E-state index contributed by atoms with van der Waals surface area (Å²) in [4.78, 5) is 2.12. The Hall–Kier alpha value is -1.16. The number of nitrogens with zero attached hydrogens (tertiary/aromatic N) is 1. The van der Waals surface area contributed by atoms with Crippen molar-refractivity contribution in [2.24, 2.45) is 11.8 Å². The smallest absolute Gasteiger partial charge is 0.265 e. The van der Waals surface area contributed by atoms with Gasteiger partial charge in [0.05, 0.1) is 13.2 Å². The van der Waals surface area contributed by atoms with Gasteiger partial charge < -0.3 is 9.64 Å². The average Bonchev–Trinajstić information content (AvgIpc) is 2.38. The Kier molecular flexibility index (Phi) is 3.92. The highest BCUT2D eigenvalue weighted by Gasteiger charge is 2.32. The number of ether oxygens (including phenoxy) is 1. The van der Waals surface area contributed by atoms with E-state index in [1.54, 1.807) is 6.07 Å². The third-order valence-corrected chi connectivity index (χ3v) is 4.63. The van der Waals surface area contributed by atoms with Crippen LogP contribution in [0.4, 0.5) is 14.5 Å². The maximum atomic E-state index is 13.2. The molecule has 110 valence electrons. The SMILES string of the molecule is Cc1ccc(N2CCC(C3COC3)CC2)c(C(F)F)c1. The number of halogens is 2. The van der Waals surface area contributed by atoms with Crippen LogP contribution in [0, 0.1) is 18.8 Å². The molecule has 4 heteroatoms. The molecule has 0 spiro atoms. The molecule has 2 aliphatic rings. The predicted octanol–water partition coefficient (Wildman–Crippen LogP) is 3.80. The van der Waals surface area contributed by atoms with Crippen LogP contribution >= 0.6 is 0 Å². The Labute approximate surface area is 118 Å². The molecule has 0 bridgehead atoms. The summed E-state index contributed by atoms with van der Waals surface area (Å²) in [5.41, 5.74) is 1.79. The number of benzene rings is 1. The summed E-state index contributed by atoms with van der Waals surface area (Å²) in [5.74, 6) is 1.41. The van der Waals surface area contributed by atoms with Crippen LogP contribution in [0.25, 0.3) is 0 Å². The number of rotatable bonds is 3. The third-order valence-electron chi connectivity index (χ3n) is 4.63. The predicted molar refractivity (Wildman–Crippen MR) is 75.4 cm³/mol. The molecule has 0 N–H and O–H groups in total. The molecule has 0 aliphatic carbocycles. The lowest BCUT2D eigenvalue weighted by molar-refractivity contribution is -0.0650. The topological polar surface area (TPSA) is 12.5 Å². The molecule has 0 aromatic heterocycles. The Morgan fingerprint density at radius 1 is 1.15 bits per heavy atom. The van der Waals surface area contributed by atoms with Crippen molar-refractivity contribution in [1.82, 2.24) is 0 Å². The van der Waals surface area contributed by atoms with Crippen LogP contribution in [0.1, 0.15) is 30.4 Å². The zero-order chi connectivity index (χ0) is 14.1. The summed E-state index contributed by atoms with van der Waals surface area (Å²) in [6.45, 7) is 5.39. The summed E-state index contributed by atoms with van der Waals surface area (Å²) < 4.78 is 31.6. The lowest BCUT2D eigenvalue weighted by atomic mass is 9.83. The number of hydrogen-bond donors (Lipinski definition) is 0. The van der Waals surface area contributed by atoms with E-state index >= 15 is 0 Å². The number of piperidine rings is 1. The van der Waals surface area contributed by atoms with Gasteiger partial charge in [-0.1, -0.05) is 11.6 Å². The number of aryl methyl sites for hydroxylation is 1. The van der Waals surface area contributed by atoms with Crippen molar-refractivity contribution in [3.63, 3.8) is 0 Å². The van der Waals surface area contributed by atoms with Crippen LogP contribution in [0.3, 0.4) is 0 Å². The zero-order valence-electron chi connectivity index (χ0n) is 11.8. The third kappa shape index (κ3) is 2.66. The first-order valence-electron chi connectivity index (χ1n) is 7.36. The Morgan fingerprint density at radius 3 is 2.40 bits per heavy atom. The van der Waals surface area contributed by atoms with Gasteiger partial charge in [-0.15, -0.1) is 0 Å². The summed E-state index contributed by atoms with van der Waals surface area (Å²) >= 11 is 0. The zero-order valence-corrected chi connectivity index (χ0v) is 11.8. The molecule has 0 unspecified atom stereocenters. The maximum absolute atomic E-state index is 13.2. The minimum absolute atomic E-state index is 0.176. The van der Waals surface area contributed by atoms with E-state index < -0.39 is 6.43 Å². The highest BCUT2D eigenvalue weighted by molar-refractivity contribution is 5.56. The Bertz CT molecular complexity index is 466. The average molecular weight is 281 g/mol. The molecule has 0 atom stereocenters. The van der Waals surface area contributed by atoms with E-state index in [0.717, 1.165) is 44.7 Å². The summed E-state index contributed by atoms with van der Waals surface area (Å²) in [5, 5.41) is 0. The van der Waals surface area contributed by atoms with Crippen LogP contribution in [0.5, 0.6) is 0 Å². The van der Waals surface area contributed by atoms with Crippen LogP contribution in [-0.2, 0) is 4.74 Å². The van der Waals surface area contributed by atoms with E-state index in [0.29, 0.717) is 17.5 Å². The van der Waals surface area contributed by atoms with E-state index in [-0.39, 0.29) is 5.56 Å². The molecular weight excluding hydrogens is 260 g/mol. The van der Waals surface area contributed by atoms with Crippen LogP contribution < -0.4 is 4.90 Å². The first kappa shape index (κ1) is 13.8. The van der Waals surface area contributed by atoms with Crippen molar-refractivity contribution in [2.45, 2.75) is 26.2 Å². The molecule has 2 saturated heterocycles. The molecule has 1 aromatic rings. The van der Waals surface area contributed by atoms with Gasteiger partial charge in [0.15, 0.2) is 0 Å². The monoisotopic (exact) mass is 281 g/mol. The normalized spacial score (nSPS) is 21.3. The number of alkyl halides is 2. The molecule has 2 fully saturated rings. The van der Waals surface area contributed by atoms with Gasteiger partial charge in [0.2, 0.25) is 0 Å². The van der Waals surface area contributed by atoms with Gasteiger partial charge in [-0.25, -0.2) is 8.78 Å². The molecule has 20 heavy (non-hydrogen) atoms. The minimum Gasteiger partial charge on any atom is -0.381 e. The number of anilines is 1. The molecule has 3 rings (SSSR count). The van der Waals surface area contributed by atoms with Gasteiger partial charge in [-0.3, -0.25) is 0 Å². The van der Waals surface area contributed by atoms with E-state index in [4.69, 9.17) is 4.74 Å². The highest BCUT2D eigenvalue weighted by Crippen LogP contribution is 2.35. The molecule has 0 radical (unpaired) electrons. The molecule has 2 aliphatic heterocycles. The van der Waals surface area contributed by atoms with E-state index in [2.05, 4.69) is 4.90 Å². The molecule has 2 heterocycles. The number of hydrogen-bond acceptors (Lipinski definition) is 2. The summed E-state index contributed by atoms with van der Waals surface area (Å²) in [6, 6.07) is 5.39. The molecular formula is C16H21F2NO. The van der Waals surface area contributed by atoms with Crippen molar-refractivity contribution < 1.29 is 13.5 Å². The molecule has 2 nitrogen and oxygen atoms in total. The summed E-state index contributed by atoms with van der Waals surface area (Å²) in [6.07, 6.45) is -0.225. The molecule has 0 amide bonds. The molecule has 0 saturated carbocycles. The quantitative estimate of drug-likeness (QED) is 0.835. The lowest BCUT2D eigenvalue weighted by Gasteiger charge is -2.40. The second-order valence-electron chi connectivity index (χ2n) is 5.98. The fourth-order valence-corrected chi connectivity index (χ4v) is 3.27. The Balaban J connectivity index is 1.71. The van der Waals surface area contributed by atoms with E-state index in [1.165, 1.54) is 0 Å². The Morgan fingerprint density at radius 2 is 1.85 bits per heavy atom. The largest absolute Gasteiger partial charge is 0.381 e. The molecule has 1 aromatic carbocycles. The van der Waals surface area contributed by atoms with Crippen LogP contribution in [-0.4, -0.2) is 26.3 Å². The first-order valence-corrected chi connectivity index (χ1v) is 7.36. The van der Waals surface area contributed by atoms with Gasteiger partial charge in [0.25, 0.3) is 6.43 Å². The van der Waals surface area contributed by atoms with Crippen LogP contribution in [0.15, 0.2) is 18.2 Å². The van der Waals surface area contributed by atoms with Crippen molar-refractivity contribution in [2.75, 3.05) is 31.2 Å². The van der Waals surface area contributed by atoms with Gasteiger partial charge in [-0.05, 0) is 37.8 Å². The van der Waals surface area contributed by atoms with Crippen molar-refractivity contribution in [3.05, 3.63) is 29.3 Å². The first-order chi connectivity index (χ1) is 9.65. The van der Waals surface area contributed by atoms with E-state index in [1.807, 2.05) is 19.1 Å². The van der Waals surface area contributed by atoms with Crippen molar-refractivity contribution >= 4 is 5.69 Å². The standard InChI is InChI=1S/C16H21F2NO/c1-11-2-3-15(14(8-11)16(17)18)19-6-4-12(5-7-19)13-9-20-10-13/h2-3,8,12-13,16H,4-7,9-10H2,1H3. The second kappa shape index (κ2) is 5.68. The lowest BCUT2D eigenvalue weighted by Crippen LogP contribution is -2.42. The van der Waals surface area contributed by atoms with Gasteiger partial charge >= 0.3 is 0 Å². The van der Waals surface area contributed by atoms with Gasteiger partial charge in [0.1, 0.15) is 0 Å². The highest BCUT2D eigenvalue weighted by atomic mass is 19.3. The second-order valence-corrected chi connectivity index (χ2v) is 5.98. The fraction of sp³-hybridized carbons (Fsp3) is 0.625. The van der Waals surface area contributed by atoms with Crippen LogP contribution in [0.2, 0.25) is 0 Å². The minimum atomic E-state index is -2.40. The summed E-state index contributed by atoms with van der Waals surface area (Å²) in [7, 11) is 0. The van der Waals surface area contributed by atoms with E-state index in [9.17, 15) is 8.78 Å². The van der Waals surface area contributed by atoms with Gasteiger partial charge in [-0.2, -0.15) is 0 Å². The fourth-order valence-electron chi connectivity index (χ4n) is 3.27.